The van der Waals surface area contributed by atoms with Gasteiger partial charge in [0.25, 0.3) is 0 Å². The van der Waals surface area contributed by atoms with Gasteiger partial charge in [0.15, 0.2) is 0 Å². The Morgan fingerprint density at radius 3 is 2.61 bits per heavy atom. The molecule has 23 heavy (non-hydrogen) atoms. The monoisotopic (exact) mass is 319 g/mol. The van der Waals surface area contributed by atoms with E-state index >= 15 is 0 Å². The molecule has 2 fully saturated rings. The van der Waals surface area contributed by atoms with Gasteiger partial charge in [0.1, 0.15) is 0 Å². The minimum atomic E-state index is 0.323. The van der Waals surface area contributed by atoms with Gasteiger partial charge in [-0.2, -0.15) is 0 Å². The van der Waals surface area contributed by atoms with Crippen molar-refractivity contribution in [2.24, 2.45) is 5.41 Å². The summed E-state index contributed by atoms with van der Waals surface area (Å²) in [5, 5.41) is 3.71. The molecule has 0 saturated carbocycles. The van der Waals surface area contributed by atoms with E-state index in [0.717, 1.165) is 71.1 Å². The number of aromatic nitrogens is 1. The maximum Gasteiger partial charge on any atom is 0.0648 e. The lowest BCUT2D eigenvalue weighted by Crippen LogP contribution is -2.45. The predicted octanol–water partition coefficient (Wildman–Crippen LogP) is 1.86. The van der Waals surface area contributed by atoms with E-state index in [1.54, 1.807) is 0 Å². The molecule has 0 radical (unpaired) electrons. The number of hydrogen-bond donors (Lipinski definition) is 1. The van der Waals surface area contributed by atoms with Crippen molar-refractivity contribution in [1.29, 1.82) is 0 Å². The van der Waals surface area contributed by atoms with Gasteiger partial charge in [-0.25, -0.2) is 0 Å². The zero-order valence-corrected chi connectivity index (χ0v) is 14.2. The molecule has 0 aromatic carbocycles. The van der Waals surface area contributed by atoms with Crippen LogP contribution in [0, 0.1) is 5.41 Å². The molecular formula is C18H29N3O2. The summed E-state index contributed by atoms with van der Waals surface area (Å²) < 4.78 is 11.0. The molecule has 2 saturated heterocycles. The number of ether oxygens (including phenoxy) is 2. The largest absolute Gasteiger partial charge is 0.381 e. The van der Waals surface area contributed by atoms with E-state index in [0.29, 0.717) is 11.5 Å². The van der Waals surface area contributed by atoms with E-state index in [4.69, 9.17) is 9.47 Å². The molecule has 5 nitrogen and oxygen atoms in total. The van der Waals surface area contributed by atoms with Gasteiger partial charge in [-0.15, -0.1) is 0 Å². The van der Waals surface area contributed by atoms with Crippen LogP contribution in [0.1, 0.15) is 31.5 Å². The van der Waals surface area contributed by atoms with Gasteiger partial charge in [-0.3, -0.25) is 9.88 Å². The molecule has 2 aliphatic rings. The Bertz CT molecular complexity index is 457. The van der Waals surface area contributed by atoms with Crippen LogP contribution in [0.25, 0.3) is 0 Å². The van der Waals surface area contributed by atoms with Crippen molar-refractivity contribution in [3.63, 3.8) is 0 Å². The summed E-state index contributed by atoms with van der Waals surface area (Å²) in [5.74, 6) is 0. The van der Waals surface area contributed by atoms with Crippen LogP contribution in [0.2, 0.25) is 0 Å². The summed E-state index contributed by atoms with van der Waals surface area (Å²) in [6.45, 7) is 9.74. The second-order valence-electron chi connectivity index (χ2n) is 6.97. The summed E-state index contributed by atoms with van der Waals surface area (Å²) in [6.07, 6.45) is 4.18. The number of nitrogens with one attached hydrogen (secondary N) is 1. The Morgan fingerprint density at radius 1 is 1.17 bits per heavy atom. The number of rotatable bonds is 6. The third-order valence-corrected chi connectivity index (χ3v) is 5.10. The summed E-state index contributed by atoms with van der Waals surface area (Å²) in [7, 11) is 0. The Balaban J connectivity index is 1.59. The highest BCUT2D eigenvalue weighted by molar-refractivity contribution is 5.10. The second kappa shape index (κ2) is 8.20. The lowest BCUT2D eigenvalue weighted by atomic mass is 9.82. The van der Waals surface area contributed by atoms with Crippen molar-refractivity contribution >= 4 is 0 Å². The first kappa shape index (κ1) is 16.8. The van der Waals surface area contributed by atoms with Crippen molar-refractivity contribution in [3.05, 3.63) is 30.1 Å². The van der Waals surface area contributed by atoms with Crippen LogP contribution in [0.3, 0.4) is 0 Å². The lowest BCUT2D eigenvalue weighted by molar-refractivity contribution is 0.00998. The zero-order valence-electron chi connectivity index (χ0n) is 14.2. The van der Waals surface area contributed by atoms with Crippen LogP contribution >= 0.6 is 0 Å². The first-order valence-electron chi connectivity index (χ1n) is 8.78. The van der Waals surface area contributed by atoms with Crippen molar-refractivity contribution in [2.45, 2.75) is 25.8 Å². The van der Waals surface area contributed by atoms with E-state index in [1.165, 1.54) is 0 Å². The molecule has 128 valence electrons. The van der Waals surface area contributed by atoms with Gasteiger partial charge in [0, 0.05) is 45.6 Å². The van der Waals surface area contributed by atoms with Crippen LogP contribution in [-0.2, 0) is 9.47 Å². The van der Waals surface area contributed by atoms with Crippen LogP contribution in [-0.4, -0.2) is 62.5 Å². The molecule has 0 amide bonds. The molecule has 5 heteroatoms. The van der Waals surface area contributed by atoms with Gasteiger partial charge in [-0.05, 0) is 30.4 Å². The van der Waals surface area contributed by atoms with E-state index in [9.17, 15) is 0 Å². The zero-order chi connectivity index (χ0) is 16.0. The normalized spacial score (nSPS) is 23.5. The van der Waals surface area contributed by atoms with Crippen LogP contribution < -0.4 is 5.32 Å². The average Bonchev–Trinajstić information content (AvgIpc) is 2.61. The maximum atomic E-state index is 5.51. The molecule has 1 aromatic heterocycles. The molecule has 1 N–H and O–H groups in total. The molecule has 2 aliphatic heterocycles. The summed E-state index contributed by atoms with van der Waals surface area (Å²) in [5.41, 5.74) is 1.51. The fourth-order valence-corrected chi connectivity index (χ4v) is 3.43. The number of nitrogens with zero attached hydrogens (tertiary/aromatic N) is 2. The van der Waals surface area contributed by atoms with Crippen molar-refractivity contribution < 1.29 is 9.47 Å². The van der Waals surface area contributed by atoms with Crippen molar-refractivity contribution in [1.82, 2.24) is 15.2 Å². The topological polar surface area (TPSA) is 46.6 Å². The molecule has 0 aliphatic carbocycles. The van der Waals surface area contributed by atoms with Crippen molar-refractivity contribution in [2.75, 3.05) is 52.6 Å². The Hall–Kier alpha value is -1.01. The summed E-state index contributed by atoms with van der Waals surface area (Å²) >= 11 is 0. The fourth-order valence-electron chi connectivity index (χ4n) is 3.43. The fraction of sp³-hybridized carbons (Fsp3) is 0.722. The van der Waals surface area contributed by atoms with E-state index < -0.39 is 0 Å². The molecule has 0 bridgehead atoms. The molecule has 3 heterocycles. The summed E-state index contributed by atoms with van der Waals surface area (Å²) in [4.78, 5) is 7.09. The van der Waals surface area contributed by atoms with Crippen LogP contribution in [0.15, 0.2) is 24.4 Å². The first-order chi connectivity index (χ1) is 11.3. The van der Waals surface area contributed by atoms with Crippen molar-refractivity contribution in [3.8, 4) is 0 Å². The predicted molar refractivity (Wildman–Crippen MR) is 90.4 cm³/mol. The Labute approximate surface area is 139 Å². The van der Waals surface area contributed by atoms with Gasteiger partial charge in [-0.1, -0.05) is 13.0 Å². The summed E-state index contributed by atoms with van der Waals surface area (Å²) in [6, 6.07) is 6.52. The highest BCUT2D eigenvalue weighted by atomic mass is 16.5. The standard InChI is InChI=1S/C18H29N3O2/c1-18(5-10-22-11-6-18)15-19-14-17(16-4-2-3-7-20-16)21-8-12-23-13-9-21/h2-4,7,17,19H,5-6,8-15H2,1H3. The quantitative estimate of drug-likeness (QED) is 0.867. The van der Waals surface area contributed by atoms with E-state index in [2.05, 4.69) is 34.3 Å². The van der Waals surface area contributed by atoms with Crippen LogP contribution in [0.5, 0.6) is 0 Å². The van der Waals surface area contributed by atoms with E-state index in [-0.39, 0.29) is 0 Å². The maximum absolute atomic E-state index is 5.51. The highest BCUT2D eigenvalue weighted by Gasteiger charge is 2.28. The van der Waals surface area contributed by atoms with Gasteiger partial charge >= 0.3 is 0 Å². The highest BCUT2D eigenvalue weighted by Crippen LogP contribution is 2.29. The average molecular weight is 319 g/mol. The van der Waals surface area contributed by atoms with Gasteiger partial charge < -0.3 is 14.8 Å². The van der Waals surface area contributed by atoms with Gasteiger partial charge in [0.05, 0.1) is 24.9 Å². The third kappa shape index (κ3) is 4.73. The van der Waals surface area contributed by atoms with E-state index in [1.807, 2.05) is 12.3 Å². The molecule has 0 spiro atoms. The van der Waals surface area contributed by atoms with Gasteiger partial charge in [0.2, 0.25) is 0 Å². The SMILES string of the molecule is CC1(CNCC(c2ccccn2)N2CCOCC2)CCOCC1. The number of morpholine rings is 1. The lowest BCUT2D eigenvalue weighted by Gasteiger charge is -2.37. The molecule has 1 aromatic rings. The van der Waals surface area contributed by atoms with Crippen LogP contribution in [0.4, 0.5) is 0 Å². The number of pyridine rings is 1. The Morgan fingerprint density at radius 2 is 1.91 bits per heavy atom. The Kier molecular flexibility index (Phi) is 6.00. The second-order valence-corrected chi connectivity index (χ2v) is 6.97. The third-order valence-electron chi connectivity index (χ3n) is 5.10. The molecule has 3 rings (SSSR count). The molecule has 1 unspecified atom stereocenters. The smallest absolute Gasteiger partial charge is 0.0648 e. The molecular weight excluding hydrogens is 290 g/mol. The minimum Gasteiger partial charge on any atom is -0.381 e. The first-order valence-corrected chi connectivity index (χ1v) is 8.78. The minimum absolute atomic E-state index is 0.323. The molecule has 1 atom stereocenters. The number of hydrogen-bond acceptors (Lipinski definition) is 5.